The normalized spacial score (nSPS) is 15.3. The van der Waals surface area contributed by atoms with E-state index < -0.39 is 18.0 Å². The van der Waals surface area contributed by atoms with Crippen molar-refractivity contribution in [2.75, 3.05) is 17.2 Å². The molecule has 0 bridgehead atoms. The summed E-state index contributed by atoms with van der Waals surface area (Å²) < 4.78 is 15.8. The molecule has 1 saturated heterocycles. The van der Waals surface area contributed by atoms with Crippen LogP contribution in [-0.2, 0) is 4.79 Å². The van der Waals surface area contributed by atoms with E-state index in [2.05, 4.69) is 15.7 Å². The predicted molar refractivity (Wildman–Crippen MR) is 128 cm³/mol. The maximum absolute atomic E-state index is 14.3. The molecule has 3 aromatic rings. The van der Waals surface area contributed by atoms with Crippen molar-refractivity contribution in [2.24, 2.45) is 0 Å². The highest BCUT2D eigenvalue weighted by molar-refractivity contribution is 5.99. The number of carbonyl (C=O) groups excluding carboxylic acids is 2. The Balaban J connectivity index is 1.40. The number of carbonyl (C=O) groups is 3. The summed E-state index contributed by atoms with van der Waals surface area (Å²) in [5, 5.41) is 18.8. The molecule has 9 nitrogen and oxygen atoms in total. The molecule has 0 saturated carbocycles. The second kappa shape index (κ2) is 9.96. The first kappa shape index (κ1) is 23.9. The minimum atomic E-state index is -1.02. The molecule has 1 fully saturated rings. The van der Waals surface area contributed by atoms with Crippen LogP contribution in [0, 0.1) is 5.82 Å². The van der Waals surface area contributed by atoms with Crippen molar-refractivity contribution in [3.8, 4) is 5.69 Å². The third-order valence-electron chi connectivity index (χ3n) is 5.91. The van der Waals surface area contributed by atoms with E-state index in [1.807, 2.05) is 13.8 Å². The van der Waals surface area contributed by atoms with Gasteiger partial charge in [-0.05, 0) is 60.7 Å². The second-order valence-electron chi connectivity index (χ2n) is 8.66. The molecule has 1 aromatic heterocycles. The van der Waals surface area contributed by atoms with Crippen LogP contribution >= 0.6 is 0 Å². The zero-order valence-electron chi connectivity index (χ0n) is 19.4. The van der Waals surface area contributed by atoms with E-state index in [0.717, 1.165) is 0 Å². The van der Waals surface area contributed by atoms with Crippen LogP contribution < -0.4 is 10.6 Å². The lowest BCUT2D eigenvalue weighted by Crippen LogP contribution is -2.45. The Morgan fingerprint density at radius 1 is 1.09 bits per heavy atom. The van der Waals surface area contributed by atoms with Gasteiger partial charge in [0.2, 0.25) is 5.91 Å². The van der Waals surface area contributed by atoms with E-state index in [-0.39, 0.29) is 23.2 Å². The number of nitrogens with zero attached hydrogens (tertiary/aromatic N) is 3. The molecule has 0 aliphatic carbocycles. The van der Waals surface area contributed by atoms with Crippen LogP contribution in [-0.4, -0.2) is 50.3 Å². The van der Waals surface area contributed by atoms with Crippen LogP contribution in [0.1, 0.15) is 48.5 Å². The van der Waals surface area contributed by atoms with E-state index in [9.17, 15) is 18.8 Å². The van der Waals surface area contributed by atoms with Gasteiger partial charge in [0, 0.05) is 24.5 Å². The maximum Gasteiger partial charge on any atom is 0.335 e. The number of urea groups is 1. The van der Waals surface area contributed by atoms with Gasteiger partial charge in [0.05, 0.1) is 11.3 Å². The first-order valence-electron chi connectivity index (χ1n) is 11.3. The molecule has 1 aliphatic heterocycles. The van der Waals surface area contributed by atoms with Gasteiger partial charge in [0.1, 0.15) is 11.9 Å². The Bertz CT molecular complexity index is 1250. The van der Waals surface area contributed by atoms with Gasteiger partial charge in [0.15, 0.2) is 5.82 Å². The first-order chi connectivity index (χ1) is 16.7. The summed E-state index contributed by atoms with van der Waals surface area (Å²) >= 11 is 0. The molecule has 1 atom stereocenters. The van der Waals surface area contributed by atoms with E-state index >= 15 is 0 Å². The fourth-order valence-electron chi connectivity index (χ4n) is 4.05. The summed E-state index contributed by atoms with van der Waals surface area (Å²) in [5.74, 6) is -1.45. The molecule has 4 rings (SSSR count). The number of anilines is 2. The lowest BCUT2D eigenvalue weighted by atomic mass is 10.0. The zero-order valence-corrected chi connectivity index (χ0v) is 19.4. The summed E-state index contributed by atoms with van der Waals surface area (Å²) in [6, 6.07) is 11.2. The standard InChI is InChI=1S/C25H26FN5O4/c1-15(2)19-10-7-17(14-20(19)26)27-25(35)30-12-3-4-21(30)23(32)28-22-11-13-31(29-22)18-8-5-16(6-9-18)24(33)34/h5-11,13-15,21H,3-4,12H2,1-2H3,(H,27,35)(H,33,34)(H,28,29,32)/t21-/m1/s1. The summed E-state index contributed by atoms with van der Waals surface area (Å²) in [6.07, 6.45) is 2.80. The Labute approximate surface area is 201 Å². The zero-order chi connectivity index (χ0) is 25.1. The first-order valence-corrected chi connectivity index (χ1v) is 11.3. The van der Waals surface area contributed by atoms with E-state index in [4.69, 9.17) is 5.11 Å². The van der Waals surface area contributed by atoms with E-state index in [1.165, 1.54) is 27.8 Å². The average Bonchev–Trinajstić information content (AvgIpc) is 3.49. The maximum atomic E-state index is 14.3. The third kappa shape index (κ3) is 5.32. The summed E-state index contributed by atoms with van der Waals surface area (Å²) in [7, 11) is 0. The lowest BCUT2D eigenvalue weighted by molar-refractivity contribution is -0.119. The molecule has 35 heavy (non-hydrogen) atoms. The van der Waals surface area contributed by atoms with Crippen molar-refractivity contribution in [1.29, 1.82) is 0 Å². The Hall–Kier alpha value is -4.21. The van der Waals surface area contributed by atoms with Gasteiger partial charge in [0.25, 0.3) is 0 Å². The number of benzene rings is 2. The van der Waals surface area contributed by atoms with Crippen molar-refractivity contribution >= 4 is 29.4 Å². The molecule has 3 amide bonds. The van der Waals surface area contributed by atoms with Gasteiger partial charge in [-0.25, -0.2) is 18.7 Å². The molecule has 182 valence electrons. The van der Waals surface area contributed by atoms with Crippen LogP contribution in [0.3, 0.4) is 0 Å². The highest BCUT2D eigenvalue weighted by Crippen LogP contribution is 2.24. The summed E-state index contributed by atoms with van der Waals surface area (Å²) in [6.45, 7) is 4.19. The van der Waals surface area contributed by atoms with Crippen LogP contribution in [0.15, 0.2) is 54.7 Å². The van der Waals surface area contributed by atoms with Crippen LogP contribution in [0.25, 0.3) is 5.69 Å². The van der Waals surface area contributed by atoms with Gasteiger partial charge in [-0.1, -0.05) is 19.9 Å². The van der Waals surface area contributed by atoms with Gasteiger partial charge < -0.3 is 20.6 Å². The fourth-order valence-corrected chi connectivity index (χ4v) is 4.05. The highest BCUT2D eigenvalue weighted by atomic mass is 19.1. The quantitative estimate of drug-likeness (QED) is 0.482. The molecule has 0 radical (unpaired) electrons. The van der Waals surface area contributed by atoms with Crippen LogP contribution in [0.4, 0.5) is 20.7 Å². The van der Waals surface area contributed by atoms with Gasteiger partial charge in [-0.15, -0.1) is 0 Å². The van der Waals surface area contributed by atoms with Crippen molar-refractivity contribution < 1.29 is 23.9 Å². The van der Waals surface area contributed by atoms with Crippen LogP contribution in [0.2, 0.25) is 0 Å². The topological polar surface area (TPSA) is 117 Å². The molecular formula is C25H26FN5O4. The summed E-state index contributed by atoms with van der Waals surface area (Å²) in [5.41, 5.74) is 1.69. The molecule has 0 unspecified atom stereocenters. The van der Waals surface area contributed by atoms with Gasteiger partial charge in [-0.3, -0.25) is 4.79 Å². The Morgan fingerprint density at radius 3 is 2.49 bits per heavy atom. The molecule has 2 heterocycles. The van der Waals surface area contributed by atoms with Crippen LogP contribution in [0.5, 0.6) is 0 Å². The Kier molecular flexibility index (Phi) is 6.81. The van der Waals surface area contributed by atoms with Crippen molar-refractivity contribution in [3.05, 3.63) is 71.7 Å². The molecule has 3 N–H and O–H groups in total. The molecule has 2 aromatic carbocycles. The minimum Gasteiger partial charge on any atom is -0.478 e. The molecular weight excluding hydrogens is 453 g/mol. The summed E-state index contributed by atoms with van der Waals surface area (Å²) in [4.78, 5) is 38.2. The number of hydrogen-bond acceptors (Lipinski definition) is 4. The smallest absolute Gasteiger partial charge is 0.335 e. The van der Waals surface area contributed by atoms with E-state index in [0.29, 0.717) is 42.1 Å². The minimum absolute atomic E-state index is 0.0268. The van der Waals surface area contributed by atoms with Crippen molar-refractivity contribution in [2.45, 2.75) is 38.6 Å². The van der Waals surface area contributed by atoms with Gasteiger partial charge in [-0.2, -0.15) is 5.10 Å². The lowest BCUT2D eigenvalue weighted by Gasteiger charge is -2.24. The number of rotatable bonds is 6. The van der Waals surface area contributed by atoms with Crippen molar-refractivity contribution in [1.82, 2.24) is 14.7 Å². The number of nitrogens with one attached hydrogen (secondary N) is 2. The number of aromatic carboxylic acids is 1. The number of hydrogen-bond donors (Lipinski definition) is 3. The Morgan fingerprint density at radius 2 is 1.83 bits per heavy atom. The number of amides is 3. The average molecular weight is 480 g/mol. The predicted octanol–water partition coefficient (Wildman–Crippen LogP) is 4.47. The monoisotopic (exact) mass is 479 g/mol. The number of halogens is 1. The third-order valence-corrected chi connectivity index (χ3v) is 5.91. The van der Waals surface area contributed by atoms with Gasteiger partial charge >= 0.3 is 12.0 Å². The largest absolute Gasteiger partial charge is 0.478 e. The second-order valence-corrected chi connectivity index (χ2v) is 8.66. The number of carboxylic acid groups (broad SMARTS) is 1. The molecule has 0 spiro atoms. The number of aromatic nitrogens is 2. The highest BCUT2D eigenvalue weighted by Gasteiger charge is 2.34. The number of likely N-dealkylation sites (tertiary alicyclic amines) is 1. The fraction of sp³-hybridized carbons (Fsp3) is 0.280. The van der Waals surface area contributed by atoms with Crippen molar-refractivity contribution in [3.63, 3.8) is 0 Å². The van der Waals surface area contributed by atoms with E-state index in [1.54, 1.807) is 36.5 Å². The SMILES string of the molecule is CC(C)c1ccc(NC(=O)N2CCC[C@@H]2C(=O)Nc2ccn(-c3ccc(C(=O)O)cc3)n2)cc1F. The molecule has 10 heteroatoms. The number of carboxylic acids is 1. The molecule has 1 aliphatic rings.